The first-order valence-corrected chi connectivity index (χ1v) is 18.4. The maximum absolute atomic E-state index is 14.5. The molecular weight excluding hydrogens is 760 g/mol. The molecule has 0 spiro atoms. The van der Waals surface area contributed by atoms with Gasteiger partial charge in [-0.1, -0.05) is 12.1 Å². The Morgan fingerprint density at radius 1 is 0.500 bits per heavy atom. The summed E-state index contributed by atoms with van der Waals surface area (Å²) in [6.45, 7) is 2.70. The molecule has 4 amide bonds. The Labute approximate surface area is 325 Å². The summed E-state index contributed by atoms with van der Waals surface area (Å²) in [7, 11) is 0. The molecule has 2 unspecified atom stereocenters. The number of aliphatic carboxylic acids is 4. The van der Waals surface area contributed by atoms with Crippen molar-refractivity contribution in [3.05, 3.63) is 58.7 Å². The molecule has 4 aliphatic rings. The number of hydrogen-bond donors (Lipinski definition) is 4. The third-order valence-corrected chi connectivity index (χ3v) is 11.5. The number of fused-ring (bicyclic) bond motifs is 2. The quantitative estimate of drug-likeness (QED) is 0.0901. The minimum absolute atomic E-state index is 0.0190. The van der Waals surface area contributed by atoms with Crippen molar-refractivity contribution in [1.29, 1.82) is 0 Å². The summed E-state index contributed by atoms with van der Waals surface area (Å²) in [5.41, 5.74) is 0.906. The number of imide groups is 2. The highest BCUT2D eigenvalue weighted by molar-refractivity contribution is 6.44. The summed E-state index contributed by atoms with van der Waals surface area (Å²) in [6.07, 6.45) is -2.06. The average molecular weight is 793 g/mol. The van der Waals surface area contributed by atoms with E-state index in [9.17, 15) is 58.8 Å². The van der Waals surface area contributed by atoms with Gasteiger partial charge in [-0.2, -0.15) is 0 Å². The van der Waals surface area contributed by atoms with Crippen molar-refractivity contribution in [2.45, 2.75) is 24.9 Å². The van der Waals surface area contributed by atoms with Gasteiger partial charge in [0.1, 0.15) is 12.1 Å². The van der Waals surface area contributed by atoms with Gasteiger partial charge in [-0.05, 0) is 35.0 Å². The second kappa shape index (κ2) is 13.3. The molecule has 0 radical (unpaired) electrons. The van der Waals surface area contributed by atoms with Gasteiger partial charge in [-0.25, -0.2) is 9.59 Å². The molecule has 5 aromatic rings. The van der Waals surface area contributed by atoms with Gasteiger partial charge in [-0.15, -0.1) is 0 Å². The molecule has 2 atom stereocenters. The molecule has 9 rings (SSSR count). The number of benzene rings is 5. The normalized spacial score (nSPS) is 18.2. The minimum atomic E-state index is -2.00. The summed E-state index contributed by atoms with van der Waals surface area (Å²) in [5, 5.41) is 42.8. The molecule has 5 aromatic carbocycles. The Balaban J connectivity index is 1.42. The van der Waals surface area contributed by atoms with E-state index in [2.05, 4.69) is 0 Å². The molecule has 18 heteroatoms. The van der Waals surface area contributed by atoms with Crippen LogP contribution < -0.4 is 9.80 Å². The Morgan fingerprint density at radius 2 is 0.845 bits per heavy atom. The lowest BCUT2D eigenvalue weighted by molar-refractivity contribution is -0.148. The number of carbonyl (C=O) groups is 8. The van der Waals surface area contributed by atoms with E-state index in [-0.39, 0.29) is 33.0 Å². The van der Waals surface area contributed by atoms with Crippen molar-refractivity contribution < 1.29 is 68.3 Å². The highest BCUT2D eigenvalue weighted by Crippen LogP contribution is 2.52. The number of hydrogen-bond acceptors (Lipinski definition) is 12. The van der Waals surface area contributed by atoms with Gasteiger partial charge < -0.3 is 39.7 Å². The first-order chi connectivity index (χ1) is 27.8. The van der Waals surface area contributed by atoms with Gasteiger partial charge in [0.05, 0.1) is 50.4 Å². The van der Waals surface area contributed by atoms with Crippen LogP contribution in [0.3, 0.4) is 0 Å². The Hall–Kier alpha value is -6.92. The number of ether oxygens (including phenoxy) is 2. The zero-order chi connectivity index (χ0) is 40.9. The number of carbonyl (C=O) groups excluding carboxylic acids is 4. The lowest BCUT2D eigenvalue weighted by atomic mass is 9.80. The maximum Gasteiger partial charge on any atom is 0.327 e. The van der Waals surface area contributed by atoms with Crippen LogP contribution in [0.1, 0.15) is 54.3 Å². The summed E-state index contributed by atoms with van der Waals surface area (Å²) in [5.74, 6) is -10.3. The van der Waals surface area contributed by atoms with E-state index in [0.717, 1.165) is 0 Å². The van der Waals surface area contributed by atoms with Crippen molar-refractivity contribution in [2.75, 3.05) is 62.4 Å². The first-order valence-electron chi connectivity index (χ1n) is 18.4. The second-order valence-corrected chi connectivity index (χ2v) is 14.5. The Morgan fingerprint density at radius 3 is 1.17 bits per heavy atom. The highest BCUT2D eigenvalue weighted by atomic mass is 16.5. The number of morpholine rings is 2. The number of nitrogens with zero attached hydrogens (tertiary/aromatic N) is 4. The van der Waals surface area contributed by atoms with E-state index >= 15 is 0 Å². The van der Waals surface area contributed by atoms with Crippen LogP contribution in [0.15, 0.2) is 36.4 Å². The van der Waals surface area contributed by atoms with Gasteiger partial charge in [0.25, 0.3) is 23.6 Å². The molecule has 18 nitrogen and oxygen atoms in total. The molecule has 0 aliphatic carbocycles. The summed E-state index contributed by atoms with van der Waals surface area (Å²) in [6, 6.07) is 5.31. The van der Waals surface area contributed by atoms with Crippen molar-refractivity contribution >= 4 is 102 Å². The molecule has 0 aromatic heterocycles. The zero-order valence-corrected chi connectivity index (χ0v) is 30.4. The SMILES string of the molecule is O=C(O)CC(C(=O)O)N1C(=O)c2ccc3c4c(N5CCOCC5)cc5c6c(ccc(c7c(N8CCOCC8)cc(c2c37)C1=O)c64)C(=O)N(C(CC(=O)O)C(=O)O)C5=O. The number of carboxylic acids is 4. The average Bonchev–Trinajstić information content (AvgIpc) is 3.20. The van der Waals surface area contributed by atoms with Crippen molar-refractivity contribution in [3.63, 3.8) is 0 Å². The molecule has 58 heavy (non-hydrogen) atoms. The van der Waals surface area contributed by atoms with Crippen molar-refractivity contribution in [1.82, 2.24) is 9.80 Å². The van der Waals surface area contributed by atoms with Gasteiger partial charge in [0, 0.05) is 81.0 Å². The summed E-state index contributed by atoms with van der Waals surface area (Å²) < 4.78 is 11.3. The van der Waals surface area contributed by atoms with Crippen molar-refractivity contribution in [3.8, 4) is 0 Å². The van der Waals surface area contributed by atoms with Crippen molar-refractivity contribution in [2.24, 2.45) is 0 Å². The number of amides is 4. The fraction of sp³-hybridized carbons (Fsp3) is 0.300. The zero-order valence-electron chi connectivity index (χ0n) is 30.4. The smallest absolute Gasteiger partial charge is 0.327 e. The van der Waals surface area contributed by atoms with Crippen LogP contribution in [-0.2, 0) is 28.7 Å². The molecule has 2 fully saturated rings. The number of rotatable bonds is 10. The van der Waals surface area contributed by atoms with E-state index in [0.29, 0.717) is 106 Å². The Kier molecular flexibility index (Phi) is 8.44. The van der Waals surface area contributed by atoms with Crippen LogP contribution >= 0.6 is 0 Å². The van der Waals surface area contributed by atoms with Gasteiger partial charge in [-0.3, -0.25) is 38.6 Å². The molecule has 0 saturated carbocycles. The first kappa shape index (κ1) is 36.7. The van der Waals surface area contributed by atoms with Crippen LogP contribution in [0.2, 0.25) is 0 Å². The van der Waals surface area contributed by atoms with Crippen LogP contribution in [0.4, 0.5) is 11.4 Å². The second-order valence-electron chi connectivity index (χ2n) is 14.5. The monoisotopic (exact) mass is 792 g/mol. The van der Waals surface area contributed by atoms with E-state index in [1.807, 2.05) is 9.80 Å². The molecule has 4 aliphatic heterocycles. The largest absolute Gasteiger partial charge is 0.481 e. The van der Waals surface area contributed by atoms with Crippen LogP contribution in [0, 0.1) is 0 Å². The minimum Gasteiger partial charge on any atom is -0.481 e. The molecule has 4 heterocycles. The highest BCUT2D eigenvalue weighted by Gasteiger charge is 2.45. The number of anilines is 2. The Bertz CT molecular complexity index is 2550. The molecule has 0 bridgehead atoms. The van der Waals surface area contributed by atoms with Gasteiger partial charge in [0.15, 0.2) is 0 Å². The fourth-order valence-corrected chi connectivity index (χ4v) is 9.04. The third kappa shape index (κ3) is 5.24. The number of carboxylic acid groups (broad SMARTS) is 4. The van der Waals surface area contributed by atoms with Crippen LogP contribution in [-0.4, -0.2) is 142 Å². The van der Waals surface area contributed by atoms with Crippen LogP contribution in [0.25, 0.3) is 43.1 Å². The van der Waals surface area contributed by atoms with E-state index in [1.54, 1.807) is 24.3 Å². The fourth-order valence-electron chi connectivity index (χ4n) is 9.04. The third-order valence-electron chi connectivity index (χ3n) is 11.5. The molecular formula is C40H32N4O14. The van der Waals surface area contributed by atoms with Gasteiger partial charge in [0.2, 0.25) is 0 Å². The molecule has 296 valence electrons. The van der Waals surface area contributed by atoms with E-state index < -0.39 is 72.4 Å². The topological polar surface area (TPSA) is 249 Å². The van der Waals surface area contributed by atoms with Crippen LogP contribution in [0.5, 0.6) is 0 Å². The predicted octanol–water partition coefficient (Wildman–Crippen LogP) is 2.46. The van der Waals surface area contributed by atoms with E-state index in [1.165, 1.54) is 12.1 Å². The molecule has 4 N–H and O–H groups in total. The van der Waals surface area contributed by atoms with E-state index in [4.69, 9.17) is 9.47 Å². The maximum atomic E-state index is 14.5. The molecule has 2 saturated heterocycles. The standard InChI is InChI=1S/C40H32N4O14/c45-27(46)15-25(39(53)54)43-35(49)19-3-1-17-31-23(41-5-9-57-10-6-41)13-22-30-20(36(50)44(38(22)52)26(40(55)56)16-28(47)48)4-2-18(34(30)31)32-24(42-7-11-58-12-8-42)14-21(37(43)51)29(19)33(17)32/h1-4,13-14,25-26H,5-12,15-16H2,(H,45,46)(H,47,48)(H,53,54)(H,55,56). The van der Waals surface area contributed by atoms with Gasteiger partial charge >= 0.3 is 23.9 Å². The lowest BCUT2D eigenvalue weighted by Gasteiger charge is -2.37. The lowest BCUT2D eigenvalue weighted by Crippen LogP contribution is -2.51. The summed E-state index contributed by atoms with van der Waals surface area (Å²) >= 11 is 0. The predicted molar refractivity (Wildman–Crippen MR) is 202 cm³/mol. The summed E-state index contributed by atoms with van der Waals surface area (Å²) in [4.78, 5) is 111.